The van der Waals surface area contributed by atoms with E-state index in [-0.39, 0.29) is 5.54 Å². The van der Waals surface area contributed by atoms with Crippen LogP contribution >= 0.6 is 0 Å². The number of nitrogens with zero attached hydrogens (tertiary/aromatic N) is 1. The van der Waals surface area contributed by atoms with Crippen LogP contribution in [0.4, 0.5) is 0 Å². The molecule has 0 unspecified atom stereocenters. The van der Waals surface area contributed by atoms with Crippen LogP contribution in [-0.2, 0) is 5.54 Å². The van der Waals surface area contributed by atoms with Crippen LogP contribution < -0.4 is 0 Å². The minimum atomic E-state index is -0.372. The van der Waals surface area contributed by atoms with Gasteiger partial charge in [-0.25, -0.2) is 0 Å². The Morgan fingerprint density at radius 1 is 0.833 bits per heavy atom. The van der Waals surface area contributed by atoms with E-state index in [1.54, 1.807) is 0 Å². The molecule has 0 radical (unpaired) electrons. The molecule has 0 amide bonds. The molecule has 0 aromatic heterocycles. The van der Waals surface area contributed by atoms with E-state index in [1.165, 1.54) is 5.06 Å². The number of benzene rings is 2. The van der Waals surface area contributed by atoms with Crippen molar-refractivity contribution in [1.29, 1.82) is 0 Å². The first-order valence-electron chi connectivity index (χ1n) is 6.41. The van der Waals surface area contributed by atoms with Crippen LogP contribution in [0.1, 0.15) is 24.0 Å². The molecule has 92 valence electrons. The molecule has 2 aromatic rings. The van der Waals surface area contributed by atoms with Crippen molar-refractivity contribution < 1.29 is 5.21 Å². The van der Waals surface area contributed by atoms with Crippen LogP contribution in [0, 0.1) is 0 Å². The molecule has 3 rings (SSSR count). The van der Waals surface area contributed by atoms with Crippen molar-refractivity contribution in [2.24, 2.45) is 0 Å². The van der Waals surface area contributed by atoms with Gasteiger partial charge in [-0.05, 0) is 24.0 Å². The lowest BCUT2D eigenvalue weighted by Gasteiger charge is -2.35. The molecule has 2 aromatic carbocycles. The van der Waals surface area contributed by atoms with Crippen molar-refractivity contribution in [3.05, 3.63) is 71.8 Å². The summed E-state index contributed by atoms with van der Waals surface area (Å²) in [6.07, 6.45) is 1.97. The second-order valence-electron chi connectivity index (χ2n) is 4.82. The fourth-order valence-electron chi connectivity index (χ4n) is 2.99. The first-order chi connectivity index (χ1) is 8.84. The van der Waals surface area contributed by atoms with E-state index in [9.17, 15) is 5.21 Å². The highest BCUT2D eigenvalue weighted by molar-refractivity contribution is 5.39. The third kappa shape index (κ3) is 1.65. The van der Waals surface area contributed by atoms with E-state index < -0.39 is 0 Å². The molecule has 1 aliphatic heterocycles. The van der Waals surface area contributed by atoms with Gasteiger partial charge >= 0.3 is 0 Å². The van der Waals surface area contributed by atoms with Crippen molar-refractivity contribution in [1.82, 2.24) is 5.06 Å². The second kappa shape index (κ2) is 4.56. The third-order valence-electron chi connectivity index (χ3n) is 3.85. The SMILES string of the molecule is ON1CCCC1(c1ccccc1)c1ccccc1. The van der Waals surface area contributed by atoms with E-state index >= 15 is 0 Å². The lowest BCUT2D eigenvalue weighted by Crippen LogP contribution is -2.40. The Bertz CT molecular complexity index is 470. The summed E-state index contributed by atoms with van der Waals surface area (Å²) in [6, 6.07) is 20.6. The highest BCUT2D eigenvalue weighted by Gasteiger charge is 2.43. The molecule has 2 heteroatoms. The van der Waals surface area contributed by atoms with Gasteiger partial charge in [0.15, 0.2) is 0 Å². The summed E-state index contributed by atoms with van der Waals surface area (Å²) in [5.74, 6) is 0. The molecule has 1 aliphatic rings. The predicted octanol–water partition coefficient (Wildman–Crippen LogP) is 3.42. The molecule has 0 bridgehead atoms. The summed E-state index contributed by atoms with van der Waals surface area (Å²) >= 11 is 0. The molecule has 1 N–H and O–H groups in total. The van der Waals surface area contributed by atoms with Gasteiger partial charge in [-0.15, -0.1) is 0 Å². The van der Waals surface area contributed by atoms with Gasteiger partial charge in [-0.2, -0.15) is 5.06 Å². The highest BCUT2D eigenvalue weighted by atomic mass is 16.5. The summed E-state index contributed by atoms with van der Waals surface area (Å²) in [6.45, 7) is 0.726. The lowest BCUT2D eigenvalue weighted by atomic mass is 9.81. The fourth-order valence-corrected chi connectivity index (χ4v) is 2.99. The first kappa shape index (κ1) is 11.5. The van der Waals surface area contributed by atoms with Gasteiger partial charge in [0.2, 0.25) is 0 Å². The van der Waals surface area contributed by atoms with Crippen LogP contribution in [0.2, 0.25) is 0 Å². The maximum Gasteiger partial charge on any atom is 0.0958 e. The van der Waals surface area contributed by atoms with Gasteiger partial charge in [0.1, 0.15) is 0 Å². The van der Waals surface area contributed by atoms with Crippen molar-refractivity contribution in [2.45, 2.75) is 18.4 Å². The topological polar surface area (TPSA) is 23.5 Å². The average molecular weight is 239 g/mol. The number of hydrogen-bond acceptors (Lipinski definition) is 2. The van der Waals surface area contributed by atoms with Crippen molar-refractivity contribution in [3.63, 3.8) is 0 Å². The summed E-state index contributed by atoms with van der Waals surface area (Å²) in [5, 5.41) is 11.9. The van der Waals surface area contributed by atoms with E-state index in [4.69, 9.17) is 0 Å². The largest absolute Gasteiger partial charge is 0.313 e. The number of hydrogen-bond donors (Lipinski definition) is 1. The van der Waals surface area contributed by atoms with E-state index in [2.05, 4.69) is 24.3 Å². The molecule has 2 nitrogen and oxygen atoms in total. The standard InChI is InChI=1S/C16H17NO/c18-17-13-7-12-16(17,14-8-3-1-4-9-14)15-10-5-2-6-11-15/h1-6,8-11,18H,7,12-13H2. The van der Waals surface area contributed by atoms with Crippen molar-refractivity contribution in [3.8, 4) is 0 Å². The van der Waals surface area contributed by atoms with Crippen LogP contribution in [-0.4, -0.2) is 16.8 Å². The molecule has 18 heavy (non-hydrogen) atoms. The fraction of sp³-hybridized carbons (Fsp3) is 0.250. The van der Waals surface area contributed by atoms with Gasteiger partial charge in [0.25, 0.3) is 0 Å². The van der Waals surface area contributed by atoms with Crippen molar-refractivity contribution in [2.75, 3.05) is 6.54 Å². The Hall–Kier alpha value is -1.64. The molecule has 1 fully saturated rings. The van der Waals surface area contributed by atoms with E-state index in [0.717, 1.165) is 30.5 Å². The minimum Gasteiger partial charge on any atom is -0.313 e. The Morgan fingerprint density at radius 2 is 1.33 bits per heavy atom. The van der Waals surface area contributed by atoms with Crippen LogP contribution in [0.3, 0.4) is 0 Å². The smallest absolute Gasteiger partial charge is 0.0958 e. The number of rotatable bonds is 2. The zero-order valence-corrected chi connectivity index (χ0v) is 10.3. The average Bonchev–Trinajstić information content (AvgIpc) is 2.84. The Labute approximate surface area is 107 Å². The third-order valence-corrected chi connectivity index (χ3v) is 3.85. The molecular formula is C16H17NO. The van der Waals surface area contributed by atoms with E-state index in [0.29, 0.717) is 0 Å². The maximum atomic E-state index is 10.4. The predicted molar refractivity (Wildman–Crippen MR) is 71.4 cm³/mol. The molecule has 0 saturated carbocycles. The van der Waals surface area contributed by atoms with Gasteiger partial charge in [0, 0.05) is 6.54 Å². The van der Waals surface area contributed by atoms with Gasteiger partial charge in [0.05, 0.1) is 5.54 Å². The maximum absolute atomic E-state index is 10.4. The molecular weight excluding hydrogens is 222 g/mol. The summed E-state index contributed by atoms with van der Waals surface area (Å²) in [4.78, 5) is 0. The summed E-state index contributed by atoms with van der Waals surface area (Å²) < 4.78 is 0. The Morgan fingerprint density at radius 3 is 1.72 bits per heavy atom. The van der Waals surface area contributed by atoms with Crippen LogP contribution in [0.25, 0.3) is 0 Å². The Kier molecular flexibility index (Phi) is 2.90. The lowest BCUT2D eigenvalue weighted by molar-refractivity contribution is -0.137. The van der Waals surface area contributed by atoms with Gasteiger partial charge < -0.3 is 5.21 Å². The van der Waals surface area contributed by atoms with Gasteiger partial charge in [-0.3, -0.25) is 0 Å². The second-order valence-corrected chi connectivity index (χ2v) is 4.82. The molecule has 0 aliphatic carbocycles. The summed E-state index contributed by atoms with van der Waals surface area (Å²) in [7, 11) is 0. The minimum absolute atomic E-state index is 0.372. The zero-order chi connectivity index (χ0) is 12.4. The van der Waals surface area contributed by atoms with Crippen LogP contribution in [0.15, 0.2) is 60.7 Å². The molecule has 1 heterocycles. The van der Waals surface area contributed by atoms with E-state index in [1.807, 2.05) is 36.4 Å². The van der Waals surface area contributed by atoms with Gasteiger partial charge in [-0.1, -0.05) is 60.7 Å². The summed E-state index contributed by atoms with van der Waals surface area (Å²) in [5.41, 5.74) is 1.95. The molecule has 0 spiro atoms. The molecule has 1 saturated heterocycles. The zero-order valence-electron chi connectivity index (χ0n) is 10.3. The molecule has 0 atom stereocenters. The quantitative estimate of drug-likeness (QED) is 0.868. The van der Waals surface area contributed by atoms with Crippen LogP contribution in [0.5, 0.6) is 0 Å². The van der Waals surface area contributed by atoms with Crippen molar-refractivity contribution >= 4 is 0 Å². The highest BCUT2D eigenvalue weighted by Crippen LogP contribution is 2.43. The number of hydroxylamine groups is 2. The normalized spacial score (nSPS) is 18.9. The first-order valence-corrected chi connectivity index (χ1v) is 6.41. The Balaban J connectivity index is 2.17. The monoisotopic (exact) mass is 239 g/mol.